The van der Waals surface area contributed by atoms with Crippen molar-refractivity contribution in [1.29, 1.82) is 0 Å². The highest BCUT2D eigenvalue weighted by Crippen LogP contribution is 2.23. The topological polar surface area (TPSA) is 46.5 Å². The van der Waals surface area contributed by atoms with Gasteiger partial charge in [-0.1, -0.05) is 0 Å². The molecule has 3 rings (SSSR count). The van der Waals surface area contributed by atoms with Gasteiger partial charge < -0.3 is 4.98 Å². The van der Waals surface area contributed by atoms with Crippen molar-refractivity contribution in [3.8, 4) is 5.82 Å². The van der Waals surface area contributed by atoms with Crippen molar-refractivity contribution in [1.82, 2.24) is 19.5 Å². The second-order valence-electron chi connectivity index (χ2n) is 3.17. The van der Waals surface area contributed by atoms with Crippen LogP contribution in [0.1, 0.15) is 0 Å². The van der Waals surface area contributed by atoms with E-state index < -0.39 is 0 Å². The molecule has 0 spiro atoms. The molecule has 0 amide bonds. The maximum absolute atomic E-state index is 4.50. The largest absolute Gasteiger partial charge is 0.359 e. The molecule has 4 nitrogen and oxygen atoms in total. The molecule has 3 aromatic heterocycles. The Morgan fingerprint density at radius 3 is 3.13 bits per heavy atom. The summed E-state index contributed by atoms with van der Waals surface area (Å²) in [5.41, 5.74) is 1.95. The standard InChI is InChI=1S/C10H7BrN4/c11-7-5-9(15-4-3-12-6-15)14-8-1-2-13-10(7)8/h1-6,13H. The summed E-state index contributed by atoms with van der Waals surface area (Å²) in [7, 11) is 0. The third kappa shape index (κ3) is 1.35. The molecule has 0 saturated carbocycles. The summed E-state index contributed by atoms with van der Waals surface area (Å²) < 4.78 is 2.87. The molecule has 0 fully saturated rings. The second kappa shape index (κ2) is 3.20. The van der Waals surface area contributed by atoms with Gasteiger partial charge in [0.25, 0.3) is 0 Å². The molecule has 3 heterocycles. The lowest BCUT2D eigenvalue weighted by atomic mass is 10.4. The van der Waals surface area contributed by atoms with Crippen LogP contribution < -0.4 is 0 Å². The Bertz CT molecular complexity index is 597. The average Bonchev–Trinajstić information content (AvgIpc) is 2.88. The Morgan fingerprint density at radius 2 is 2.33 bits per heavy atom. The van der Waals surface area contributed by atoms with E-state index in [1.54, 1.807) is 12.5 Å². The van der Waals surface area contributed by atoms with E-state index in [0.29, 0.717) is 0 Å². The van der Waals surface area contributed by atoms with Gasteiger partial charge in [-0.2, -0.15) is 0 Å². The fourth-order valence-electron chi connectivity index (χ4n) is 1.51. The van der Waals surface area contributed by atoms with E-state index in [0.717, 1.165) is 21.3 Å². The number of nitrogens with zero attached hydrogens (tertiary/aromatic N) is 3. The predicted molar refractivity (Wildman–Crippen MR) is 60.9 cm³/mol. The average molecular weight is 263 g/mol. The fourth-order valence-corrected chi connectivity index (χ4v) is 2.04. The van der Waals surface area contributed by atoms with Crippen molar-refractivity contribution in [2.45, 2.75) is 0 Å². The van der Waals surface area contributed by atoms with Crippen molar-refractivity contribution in [3.63, 3.8) is 0 Å². The van der Waals surface area contributed by atoms with E-state index >= 15 is 0 Å². The Balaban J connectivity index is 2.29. The Labute approximate surface area is 94.1 Å². The minimum Gasteiger partial charge on any atom is -0.359 e. The number of aromatic nitrogens is 4. The molecule has 3 aromatic rings. The van der Waals surface area contributed by atoms with E-state index in [1.807, 2.05) is 29.1 Å². The summed E-state index contributed by atoms with van der Waals surface area (Å²) in [6.45, 7) is 0. The molecule has 0 bridgehead atoms. The van der Waals surface area contributed by atoms with Crippen LogP contribution in [0.5, 0.6) is 0 Å². The SMILES string of the molecule is Brc1cc(-n2ccnc2)nc2cc[nH]c12. The lowest BCUT2D eigenvalue weighted by Crippen LogP contribution is -1.94. The van der Waals surface area contributed by atoms with Crippen LogP contribution in [-0.4, -0.2) is 19.5 Å². The molecule has 15 heavy (non-hydrogen) atoms. The van der Waals surface area contributed by atoms with E-state index in [9.17, 15) is 0 Å². The summed E-state index contributed by atoms with van der Waals surface area (Å²) in [6.07, 6.45) is 7.21. The van der Waals surface area contributed by atoms with Crippen molar-refractivity contribution in [3.05, 3.63) is 41.5 Å². The maximum Gasteiger partial charge on any atom is 0.139 e. The first-order chi connectivity index (χ1) is 7.34. The molecule has 0 aromatic carbocycles. The molecule has 0 aliphatic carbocycles. The highest BCUT2D eigenvalue weighted by atomic mass is 79.9. The summed E-state index contributed by atoms with van der Waals surface area (Å²) >= 11 is 3.51. The van der Waals surface area contributed by atoms with Crippen molar-refractivity contribution in [2.24, 2.45) is 0 Å². The van der Waals surface area contributed by atoms with Crippen LogP contribution in [-0.2, 0) is 0 Å². The van der Waals surface area contributed by atoms with Crippen LogP contribution in [0.15, 0.2) is 41.5 Å². The maximum atomic E-state index is 4.50. The van der Waals surface area contributed by atoms with Gasteiger partial charge in [-0.3, -0.25) is 4.57 Å². The van der Waals surface area contributed by atoms with Crippen LogP contribution >= 0.6 is 15.9 Å². The molecule has 0 aliphatic heterocycles. The van der Waals surface area contributed by atoms with Crippen LogP contribution in [0.3, 0.4) is 0 Å². The third-order valence-corrected chi connectivity index (χ3v) is 2.85. The summed E-state index contributed by atoms with van der Waals surface area (Å²) in [6, 6.07) is 3.90. The molecule has 74 valence electrons. The van der Waals surface area contributed by atoms with Gasteiger partial charge in [-0.25, -0.2) is 9.97 Å². The zero-order valence-electron chi connectivity index (χ0n) is 7.68. The van der Waals surface area contributed by atoms with Gasteiger partial charge in [0.05, 0.1) is 11.0 Å². The monoisotopic (exact) mass is 262 g/mol. The van der Waals surface area contributed by atoms with Crippen LogP contribution in [0.2, 0.25) is 0 Å². The van der Waals surface area contributed by atoms with Gasteiger partial charge in [-0.15, -0.1) is 0 Å². The minimum atomic E-state index is 0.853. The molecule has 5 heteroatoms. The zero-order chi connectivity index (χ0) is 10.3. The van der Waals surface area contributed by atoms with E-state index in [1.165, 1.54) is 0 Å². The number of H-pyrrole nitrogens is 1. The van der Waals surface area contributed by atoms with Gasteiger partial charge in [0, 0.05) is 23.1 Å². The summed E-state index contributed by atoms with van der Waals surface area (Å²) in [4.78, 5) is 11.6. The number of hydrogen-bond acceptors (Lipinski definition) is 2. The van der Waals surface area contributed by atoms with E-state index in [-0.39, 0.29) is 0 Å². The zero-order valence-corrected chi connectivity index (χ0v) is 9.27. The molecular formula is C10H7BrN4. The predicted octanol–water partition coefficient (Wildman–Crippen LogP) is 2.51. The van der Waals surface area contributed by atoms with E-state index in [2.05, 4.69) is 30.9 Å². The first-order valence-corrected chi connectivity index (χ1v) is 5.26. The lowest BCUT2D eigenvalue weighted by Gasteiger charge is -2.02. The highest BCUT2D eigenvalue weighted by Gasteiger charge is 2.05. The number of hydrogen-bond donors (Lipinski definition) is 1. The molecular weight excluding hydrogens is 256 g/mol. The Kier molecular flexibility index (Phi) is 1.85. The van der Waals surface area contributed by atoms with E-state index in [4.69, 9.17) is 0 Å². The smallest absolute Gasteiger partial charge is 0.139 e. The van der Waals surface area contributed by atoms with Gasteiger partial charge in [-0.05, 0) is 28.1 Å². The second-order valence-corrected chi connectivity index (χ2v) is 4.02. The minimum absolute atomic E-state index is 0.853. The fraction of sp³-hybridized carbons (Fsp3) is 0. The van der Waals surface area contributed by atoms with Crippen LogP contribution in [0.4, 0.5) is 0 Å². The molecule has 0 saturated heterocycles. The Morgan fingerprint density at radius 1 is 1.40 bits per heavy atom. The highest BCUT2D eigenvalue weighted by molar-refractivity contribution is 9.10. The molecule has 0 aliphatic rings. The first kappa shape index (κ1) is 8.67. The number of fused-ring (bicyclic) bond motifs is 1. The summed E-state index contributed by atoms with van der Waals surface area (Å²) in [5.74, 6) is 0.853. The lowest BCUT2D eigenvalue weighted by molar-refractivity contribution is 1.00. The van der Waals surface area contributed by atoms with Gasteiger partial charge in [0.1, 0.15) is 12.1 Å². The van der Waals surface area contributed by atoms with Crippen LogP contribution in [0.25, 0.3) is 16.9 Å². The molecule has 0 atom stereocenters. The number of nitrogens with one attached hydrogen (secondary N) is 1. The van der Waals surface area contributed by atoms with Crippen molar-refractivity contribution in [2.75, 3.05) is 0 Å². The Hall–Kier alpha value is -1.62. The van der Waals surface area contributed by atoms with Crippen molar-refractivity contribution >= 4 is 27.0 Å². The normalized spacial score (nSPS) is 11.0. The number of rotatable bonds is 1. The quantitative estimate of drug-likeness (QED) is 0.733. The van der Waals surface area contributed by atoms with Gasteiger partial charge in [0.15, 0.2) is 0 Å². The van der Waals surface area contributed by atoms with Crippen LogP contribution in [0, 0.1) is 0 Å². The van der Waals surface area contributed by atoms with Crippen molar-refractivity contribution < 1.29 is 0 Å². The summed E-state index contributed by atoms with van der Waals surface area (Å²) in [5, 5.41) is 0. The first-order valence-electron chi connectivity index (χ1n) is 4.46. The third-order valence-electron chi connectivity index (χ3n) is 2.22. The molecule has 0 unspecified atom stereocenters. The number of imidazole rings is 1. The van der Waals surface area contributed by atoms with Gasteiger partial charge >= 0.3 is 0 Å². The van der Waals surface area contributed by atoms with Gasteiger partial charge in [0.2, 0.25) is 0 Å². The number of aromatic amines is 1. The molecule has 1 N–H and O–H groups in total. The molecule has 0 radical (unpaired) electrons. The number of pyridine rings is 1. The number of halogens is 1.